The smallest absolute Gasteiger partial charge is 0.241 e. The highest BCUT2D eigenvalue weighted by atomic mass is 31.2. The van der Waals surface area contributed by atoms with Gasteiger partial charge in [-0.25, -0.2) is 9.97 Å². The first-order valence-corrected chi connectivity index (χ1v) is 18.8. The zero-order chi connectivity index (χ0) is 34.4. The van der Waals surface area contributed by atoms with Crippen molar-refractivity contribution in [3.8, 4) is 34.4 Å². The molecule has 11 rings (SSSR count). The third-order valence-corrected chi connectivity index (χ3v) is 13.3. The number of aromatic nitrogens is 7. The van der Waals surface area contributed by atoms with E-state index in [1.165, 1.54) is 0 Å². The molecule has 0 bridgehead atoms. The molecule has 10 aromatic rings. The van der Waals surface area contributed by atoms with E-state index in [2.05, 4.69) is 42.5 Å². The molecule has 52 heavy (non-hydrogen) atoms. The highest BCUT2D eigenvalue weighted by Gasteiger charge is 2.41. The zero-order valence-electron chi connectivity index (χ0n) is 27.5. The SMILES string of the molecule is O=P1(c2ccccc2)c2ccccc2-c2c(-c3nc(-n4c5ccccc5c5cccnc54)nc(-n4c5ccccc5c5cccnc54)n3)cccc21. The maximum atomic E-state index is 15.5. The Bertz CT molecular complexity index is 2890. The molecule has 8 nitrogen and oxygen atoms in total. The summed E-state index contributed by atoms with van der Waals surface area (Å²) in [5, 5.41) is 6.48. The summed E-state index contributed by atoms with van der Waals surface area (Å²) < 4.78 is 19.5. The summed E-state index contributed by atoms with van der Waals surface area (Å²) in [5.41, 5.74) is 5.89. The number of para-hydroxylation sites is 2. The zero-order valence-corrected chi connectivity index (χ0v) is 28.4. The van der Waals surface area contributed by atoms with Gasteiger partial charge < -0.3 is 4.57 Å². The van der Waals surface area contributed by atoms with Gasteiger partial charge in [-0.15, -0.1) is 0 Å². The van der Waals surface area contributed by atoms with Crippen molar-refractivity contribution in [1.82, 2.24) is 34.1 Å². The van der Waals surface area contributed by atoms with Crippen molar-refractivity contribution in [3.05, 3.63) is 158 Å². The van der Waals surface area contributed by atoms with Crippen molar-refractivity contribution in [1.29, 1.82) is 0 Å². The Morgan fingerprint density at radius 3 is 1.62 bits per heavy atom. The molecule has 244 valence electrons. The Labute approximate surface area is 297 Å². The Morgan fingerprint density at radius 1 is 0.442 bits per heavy atom. The predicted molar refractivity (Wildman–Crippen MR) is 208 cm³/mol. The summed E-state index contributed by atoms with van der Waals surface area (Å²) in [4.78, 5) is 25.4. The minimum absolute atomic E-state index is 0.418. The summed E-state index contributed by atoms with van der Waals surface area (Å²) >= 11 is 0. The number of hydrogen-bond donors (Lipinski definition) is 0. The maximum Gasteiger partial charge on any atom is 0.241 e. The molecule has 0 spiro atoms. The standard InChI is InChI=1S/C43H26N7OP/c51-52(27-13-2-1-3-14-27)36-23-9-6-17-32(36)38-33(18-10-24-37(38)52)39-46-42(49-34-21-7-4-15-28(34)30-19-11-25-44-40(30)49)48-43(47-39)50-35-22-8-5-16-29(35)31-20-12-26-45-41(31)50/h1-26H. The van der Waals surface area contributed by atoms with Crippen LogP contribution < -0.4 is 15.9 Å². The van der Waals surface area contributed by atoms with Crippen molar-refractivity contribution in [2.75, 3.05) is 0 Å². The molecule has 1 atom stereocenters. The van der Waals surface area contributed by atoms with Crippen LogP contribution in [0.25, 0.3) is 78.3 Å². The number of nitrogens with zero attached hydrogens (tertiary/aromatic N) is 7. The average Bonchev–Trinajstić information content (AvgIpc) is 3.83. The Kier molecular flexibility index (Phi) is 6.06. The second-order valence-corrected chi connectivity index (χ2v) is 15.6. The van der Waals surface area contributed by atoms with E-state index in [1.54, 1.807) is 12.4 Å². The first-order chi connectivity index (χ1) is 25.7. The Morgan fingerprint density at radius 2 is 0.962 bits per heavy atom. The van der Waals surface area contributed by atoms with Gasteiger partial charge in [0.25, 0.3) is 0 Å². The van der Waals surface area contributed by atoms with Gasteiger partial charge in [-0.05, 0) is 42.0 Å². The van der Waals surface area contributed by atoms with Crippen molar-refractivity contribution in [2.24, 2.45) is 0 Å². The van der Waals surface area contributed by atoms with Gasteiger partial charge in [-0.3, -0.25) is 9.13 Å². The fraction of sp³-hybridized carbons (Fsp3) is 0. The van der Waals surface area contributed by atoms with Gasteiger partial charge in [0.1, 0.15) is 11.3 Å². The molecule has 0 saturated carbocycles. The fourth-order valence-electron chi connectivity index (χ4n) is 7.95. The van der Waals surface area contributed by atoms with Crippen molar-refractivity contribution >= 4 is 66.9 Å². The molecule has 6 heterocycles. The van der Waals surface area contributed by atoms with Crippen molar-refractivity contribution in [3.63, 3.8) is 0 Å². The molecule has 0 radical (unpaired) electrons. The van der Waals surface area contributed by atoms with Crippen molar-refractivity contribution < 1.29 is 4.57 Å². The van der Waals surface area contributed by atoms with Crippen LogP contribution in [0.5, 0.6) is 0 Å². The third kappa shape index (κ3) is 3.92. The lowest BCUT2D eigenvalue weighted by molar-refractivity contribution is 0.593. The van der Waals surface area contributed by atoms with Gasteiger partial charge in [-0.2, -0.15) is 15.0 Å². The first kappa shape index (κ1) is 29.0. The van der Waals surface area contributed by atoms with Crippen LogP contribution >= 0.6 is 7.14 Å². The largest absolute Gasteiger partial charge is 0.309 e. The molecule has 0 N–H and O–H groups in total. The van der Waals surface area contributed by atoms with Gasteiger partial charge in [0.15, 0.2) is 13.0 Å². The summed E-state index contributed by atoms with van der Waals surface area (Å²) in [6.45, 7) is 0. The number of hydrogen-bond acceptors (Lipinski definition) is 6. The molecule has 9 heteroatoms. The minimum Gasteiger partial charge on any atom is -0.309 e. The van der Waals surface area contributed by atoms with E-state index in [1.807, 2.05) is 112 Å². The lowest BCUT2D eigenvalue weighted by atomic mass is 9.99. The van der Waals surface area contributed by atoms with E-state index in [4.69, 9.17) is 24.9 Å². The van der Waals surface area contributed by atoms with Crippen molar-refractivity contribution in [2.45, 2.75) is 0 Å². The summed E-state index contributed by atoms with van der Waals surface area (Å²) in [7, 11) is -3.20. The lowest BCUT2D eigenvalue weighted by Crippen LogP contribution is -2.20. The lowest BCUT2D eigenvalue weighted by Gasteiger charge is -2.16. The monoisotopic (exact) mass is 687 g/mol. The highest BCUT2D eigenvalue weighted by molar-refractivity contribution is 7.86. The second kappa shape index (κ2) is 10.9. The first-order valence-electron chi connectivity index (χ1n) is 17.0. The van der Waals surface area contributed by atoms with E-state index in [9.17, 15) is 0 Å². The van der Waals surface area contributed by atoms with E-state index < -0.39 is 7.14 Å². The van der Waals surface area contributed by atoms with E-state index in [0.717, 1.165) is 76.5 Å². The molecular formula is C43H26N7OP. The van der Waals surface area contributed by atoms with Gasteiger partial charge in [-0.1, -0.05) is 109 Å². The molecule has 1 aliphatic rings. The highest BCUT2D eigenvalue weighted by Crippen LogP contribution is 2.54. The normalized spacial score (nSPS) is 15.1. The number of fused-ring (bicyclic) bond motifs is 9. The van der Waals surface area contributed by atoms with Crippen LogP contribution in [-0.4, -0.2) is 34.1 Å². The van der Waals surface area contributed by atoms with Crippen LogP contribution in [0.1, 0.15) is 0 Å². The predicted octanol–water partition coefficient (Wildman–Crippen LogP) is 8.14. The molecule has 5 aromatic carbocycles. The molecule has 0 saturated heterocycles. The Hall–Kier alpha value is -6.76. The maximum absolute atomic E-state index is 15.5. The molecule has 1 aliphatic heterocycles. The molecule has 0 amide bonds. The average molecular weight is 688 g/mol. The number of rotatable bonds is 4. The number of pyridine rings is 2. The van der Waals surface area contributed by atoms with Crippen LogP contribution in [0.2, 0.25) is 0 Å². The fourth-order valence-corrected chi connectivity index (χ4v) is 11.0. The Balaban J connectivity index is 1.26. The van der Waals surface area contributed by atoms with Crippen LogP contribution in [-0.2, 0) is 4.57 Å². The quantitative estimate of drug-likeness (QED) is 0.174. The molecule has 5 aromatic heterocycles. The molecule has 0 fully saturated rings. The number of benzene rings is 5. The van der Waals surface area contributed by atoms with Crippen LogP contribution in [0.3, 0.4) is 0 Å². The van der Waals surface area contributed by atoms with E-state index >= 15 is 4.57 Å². The molecule has 1 unspecified atom stereocenters. The van der Waals surface area contributed by atoms with Gasteiger partial charge in [0.2, 0.25) is 11.9 Å². The second-order valence-electron chi connectivity index (χ2n) is 12.9. The van der Waals surface area contributed by atoms with Gasteiger partial charge >= 0.3 is 0 Å². The topological polar surface area (TPSA) is 91.4 Å². The van der Waals surface area contributed by atoms with Crippen LogP contribution in [0, 0.1) is 0 Å². The summed E-state index contributed by atoms with van der Waals surface area (Å²) in [6.07, 6.45) is 3.58. The van der Waals surface area contributed by atoms with E-state index in [-0.39, 0.29) is 0 Å². The van der Waals surface area contributed by atoms with Gasteiger partial charge in [0, 0.05) is 61.0 Å². The van der Waals surface area contributed by atoms with Gasteiger partial charge in [0.05, 0.1) is 11.0 Å². The van der Waals surface area contributed by atoms with E-state index in [0.29, 0.717) is 17.7 Å². The third-order valence-electron chi connectivity index (χ3n) is 10.1. The summed E-state index contributed by atoms with van der Waals surface area (Å²) in [6, 6.07) is 48.2. The molecule has 0 aliphatic carbocycles. The molecular weight excluding hydrogens is 661 g/mol. The van der Waals surface area contributed by atoms with Crippen LogP contribution in [0.4, 0.5) is 0 Å². The summed E-state index contributed by atoms with van der Waals surface area (Å²) in [5.74, 6) is 1.29. The van der Waals surface area contributed by atoms with Crippen LogP contribution in [0.15, 0.2) is 158 Å². The minimum atomic E-state index is -3.20.